The molecule has 0 saturated carbocycles. The van der Waals surface area contributed by atoms with Crippen LogP contribution in [0.5, 0.6) is 0 Å². The molecule has 118 valence electrons. The van der Waals surface area contributed by atoms with Crippen molar-refractivity contribution in [1.82, 2.24) is 0 Å². The second-order valence-electron chi connectivity index (χ2n) is 4.42. The molecule has 1 N–H and O–H groups in total. The van der Waals surface area contributed by atoms with E-state index in [0.29, 0.717) is 5.39 Å². The highest BCUT2D eigenvalue weighted by molar-refractivity contribution is 8.88. The molecule has 8 heteroatoms. The van der Waals surface area contributed by atoms with Crippen molar-refractivity contribution in [3.05, 3.63) is 47.5 Å². The summed E-state index contributed by atoms with van der Waals surface area (Å²) in [5.41, 5.74) is -1.81. The Labute approximate surface area is 136 Å². The van der Waals surface area contributed by atoms with Crippen molar-refractivity contribution in [2.24, 2.45) is 0 Å². The van der Waals surface area contributed by atoms with Crippen LogP contribution in [0.4, 0.5) is 0 Å². The normalized spacial score (nSPS) is 11.7. The first-order chi connectivity index (χ1) is 10.5. The van der Waals surface area contributed by atoms with E-state index < -0.39 is 11.5 Å². The van der Waals surface area contributed by atoms with Crippen LogP contribution in [0.3, 0.4) is 0 Å². The van der Waals surface area contributed by atoms with E-state index in [9.17, 15) is 14.5 Å². The lowest BCUT2D eigenvalue weighted by Gasteiger charge is -2.14. The molecule has 0 fully saturated rings. The summed E-state index contributed by atoms with van der Waals surface area (Å²) in [4.78, 5) is 11.3. The highest BCUT2D eigenvalue weighted by Crippen LogP contribution is 2.71. The fourth-order valence-corrected chi connectivity index (χ4v) is 7.32. The van der Waals surface area contributed by atoms with E-state index in [4.69, 9.17) is 8.37 Å². The predicted octanol–water partition coefficient (Wildman–Crippen LogP) is 4.82. The van der Waals surface area contributed by atoms with E-state index in [1.165, 1.54) is 14.2 Å². The van der Waals surface area contributed by atoms with E-state index in [2.05, 4.69) is 0 Å². The molecule has 0 aliphatic carbocycles. The van der Waals surface area contributed by atoms with Crippen LogP contribution in [-0.4, -0.2) is 25.3 Å². The van der Waals surface area contributed by atoms with Crippen LogP contribution in [-0.2, 0) is 19.1 Å². The van der Waals surface area contributed by atoms with Crippen molar-refractivity contribution < 1.29 is 22.8 Å². The summed E-state index contributed by atoms with van der Waals surface area (Å²) < 4.78 is 22.6. The Bertz CT molecular complexity index is 724. The van der Waals surface area contributed by atoms with Gasteiger partial charge in [-0.2, -0.15) is 0 Å². The van der Waals surface area contributed by atoms with Crippen molar-refractivity contribution in [3.8, 4) is 0 Å². The van der Waals surface area contributed by atoms with Gasteiger partial charge in [-0.25, -0.2) is 4.79 Å². The molecule has 0 aromatic heterocycles. The van der Waals surface area contributed by atoms with Gasteiger partial charge in [-0.1, -0.05) is 24.3 Å². The third kappa shape index (κ3) is 4.06. The molecule has 5 nitrogen and oxygen atoms in total. The Morgan fingerprint density at radius 1 is 1.18 bits per heavy atom. The molecule has 0 heterocycles. The van der Waals surface area contributed by atoms with Crippen LogP contribution in [0.15, 0.2) is 36.4 Å². The molecular weight excluding hydrogens is 343 g/mol. The van der Waals surface area contributed by atoms with Crippen LogP contribution >= 0.6 is 28.9 Å². The van der Waals surface area contributed by atoms with Crippen LogP contribution < -0.4 is 0 Å². The lowest BCUT2D eigenvalue weighted by Crippen LogP contribution is -1.97. The molecule has 0 amide bonds. The number of rotatable bonds is 7. The van der Waals surface area contributed by atoms with Gasteiger partial charge in [0.05, 0.1) is 43.1 Å². The minimum Gasteiger partial charge on any atom is -0.478 e. The van der Waals surface area contributed by atoms with Crippen molar-refractivity contribution in [2.45, 2.75) is 6.16 Å². The number of benzene rings is 2. The Balaban J connectivity index is 2.42. The average Bonchev–Trinajstić information content (AvgIpc) is 2.46. The van der Waals surface area contributed by atoms with Crippen LogP contribution in [0.2, 0.25) is 0 Å². The Morgan fingerprint density at radius 2 is 1.86 bits per heavy atom. The first-order valence-electron chi connectivity index (χ1n) is 6.28. The summed E-state index contributed by atoms with van der Waals surface area (Å²) in [5, 5.41) is 10.7. The van der Waals surface area contributed by atoms with Crippen molar-refractivity contribution in [2.75, 3.05) is 14.2 Å². The summed E-state index contributed by atoms with van der Waals surface area (Å²) in [6.07, 6.45) is 0.244. The SMILES string of the molecule is COSP(=O)(Cc1ccc2cccc(C(=O)O)c2c1)SOC. The summed E-state index contributed by atoms with van der Waals surface area (Å²) in [5.74, 6) is -0.983. The van der Waals surface area contributed by atoms with Gasteiger partial charge in [-0.05, 0) is 28.5 Å². The van der Waals surface area contributed by atoms with E-state index >= 15 is 0 Å². The maximum atomic E-state index is 12.7. The highest BCUT2D eigenvalue weighted by Gasteiger charge is 2.26. The molecule has 0 aliphatic heterocycles. The maximum Gasteiger partial charge on any atom is 0.336 e. The van der Waals surface area contributed by atoms with E-state index in [0.717, 1.165) is 34.3 Å². The molecule has 2 aromatic carbocycles. The highest BCUT2D eigenvalue weighted by atomic mass is 33.1. The molecular formula is C14H15O5PS2. The zero-order valence-corrected chi connectivity index (χ0v) is 14.5. The maximum absolute atomic E-state index is 12.7. The van der Waals surface area contributed by atoms with Crippen molar-refractivity contribution in [1.29, 1.82) is 0 Å². The third-order valence-electron chi connectivity index (χ3n) is 2.93. The minimum atomic E-state index is -2.82. The topological polar surface area (TPSA) is 72.8 Å². The van der Waals surface area contributed by atoms with Crippen molar-refractivity contribution in [3.63, 3.8) is 0 Å². The number of carboxylic acid groups (broad SMARTS) is 1. The molecule has 2 aromatic rings. The van der Waals surface area contributed by atoms with Gasteiger partial charge in [0.15, 0.2) is 0 Å². The molecule has 0 radical (unpaired) electrons. The number of hydrogen-bond acceptors (Lipinski definition) is 6. The van der Waals surface area contributed by atoms with Crippen LogP contribution in [0.1, 0.15) is 15.9 Å². The standard InChI is InChI=1S/C14H15O5PS2/c1-18-21-20(17,22-19-2)9-10-6-7-11-4-3-5-12(14(15)16)13(11)8-10/h3-8H,9H2,1-2H3,(H,15,16). The Hall–Kier alpha value is -0.980. The van der Waals surface area contributed by atoms with Gasteiger partial charge < -0.3 is 13.5 Å². The molecule has 0 aliphatic rings. The molecule has 0 spiro atoms. The van der Waals surface area contributed by atoms with Gasteiger partial charge in [-0.15, -0.1) is 0 Å². The Morgan fingerprint density at radius 3 is 2.45 bits per heavy atom. The number of fused-ring (bicyclic) bond motifs is 1. The van der Waals surface area contributed by atoms with E-state index in [-0.39, 0.29) is 11.7 Å². The number of aromatic carboxylic acids is 1. The zero-order valence-electron chi connectivity index (χ0n) is 12.0. The summed E-state index contributed by atoms with van der Waals surface area (Å²) in [7, 11) is 2.91. The average molecular weight is 358 g/mol. The minimum absolute atomic E-state index is 0.230. The second-order valence-corrected chi connectivity index (χ2v) is 12.0. The lowest BCUT2D eigenvalue weighted by molar-refractivity contribution is 0.0699. The Kier molecular flexibility index (Phi) is 5.94. The predicted molar refractivity (Wildman–Crippen MR) is 91.4 cm³/mol. The number of carboxylic acids is 1. The molecule has 0 bridgehead atoms. The van der Waals surface area contributed by atoms with Gasteiger partial charge in [0.25, 0.3) is 0 Å². The smallest absolute Gasteiger partial charge is 0.336 e. The molecule has 0 atom stereocenters. The first kappa shape index (κ1) is 17.4. The molecule has 2 rings (SSSR count). The monoisotopic (exact) mass is 358 g/mol. The summed E-state index contributed by atoms with van der Waals surface area (Å²) in [6, 6.07) is 10.5. The van der Waals surface area contributed by atoms with Crippen LogP contribution in [0, 0.1) is 0 Å². The van der Waals surface area contributed by atoms with Gasteiger partial charge in [0, 0.05) is 6.16 Å². The quantitative estimate of drug-likeness (QED) is 0.562. The fourth-order valence-electron chi connectivity index (χ4n) is 2.12. The van der Waals surface area contributed by atoms with Gasteiger partial charge in [0.1, 0.15) is 0 Å². The number of hydrogen-bond donors (Lipinski definition) is 1. The summed E-state index contributed by atoms with van der Waals surface area (Å²) in [6.45, 7) is 0. The second kappa shape index (κ2) is 7.53. The molecule has 0 saturated heterocycles. The lowest BCUT2D eigenvalue weighted by atomic mass is 10.0. The molecule has 0 unspecified atom stereocenters. The zero-order chi connectivity index (χ0) is 16.2. The van der Waals surface area contributed by atoms with Gasteiger partial charge in [0.2, 0.25) is 5.55 Å². The fraction of sp³-hybridized carbons (Fsp3) is 0.214. The van der Waals surface area contributed by atoms with Crippen molar-refractivity contribution >= 4 is 45.6 Å². The molecule has 22 heavy (non-hydrogen) atoms. The van der Waals surface area contributed by atoms with Crippen LogP contribution in [0.25, 0.3) is 10.8 Å². The largest absolute Gasteiger partial charge is 0.478 e. The summed E-state index contributed by atoms with van der Waals surface area (Å²) >= 11 is 1.78. The van der Waals surface area contributed by atoms with E-state index in [1.807, 2.05) is 18.2 Å². The third-order valence-corrected chi connectivity index (χ3v) is 8.56. The first-order valence-corrected chi connectivity index (χ1v) is 10.9. The number of carbonyl (C=O) groups is 1. The van der Waals surface area contributed by atoms with Gasteiger partial charge >= 0.3 is 5.97 Å². The van der Waals surface area contributed by atoms with Gasteiger partial charge in [-0.3, -0.25) is 4.57 Å². The van der Waals surface area contributed by atoms with E-state index in [1.54, 1.807) is 18.2 Å².